The monoisotopic (exact) mass is 445 g/mol. The zero-order chi connectivity index (χ0) is 21.7. The van der Waals surface area contributed by atoms with Gasteiger partial charge < -0.3 is 5.32 Å². The van der Waals surface area contributed by atoms with Gasteiger partial charge in [0.25, 0.3) is 5.91 Å². The van der Waals surface area contributed by atoms with Crippen LogP contribution in [0.15, 0.2) is 53.4 Å². The van der Waals surface area contributed by atoms with Crippen molar-refractivity contribution in [2.75, 3.05) is 18.4 Å². The number of amides is 1. The van der Waals surface area contributed by atoms with Gasteiger partial charge in [-0.15, -0.1) is 0 Å². The fraction of sp³-hybridized carbons (Fsp3) is 0.364. The number of sulfonamides is 1. The van der Waals surface area contributed by atoms with Gasteiger partial charge in [-0.2, -0.15) is 4.31 Å². The van der Waals surface area contributed by atoms with Crippen molar-refractivity contribution in [1.82, 2.24) is 9.62 Å². The molecule has 0 unspecified atom stereocenters. The minimum atomic E-state index is -3.47. The molecule has 0 spiro atoms. The van der Waals surface area contributed by atoms with Gasteiger partial charge in [0, 0.05) is 24.3 Å². The first-order valence-electron chi connectivity index (χ1n) is 10.1. The molecule has 0 aliphatic carbocycles. The van der Waals surface area contributed by atoms with Gasteiger partial charge in [-0.1, -0.05) is 32.4 Å². The number of hydrogen-bond acceptors (Lipinski definition) is 4. The molecule has 0 bridgehead atoms. The van der Waals surface area contributed by atoms with Crippen LogP contribution in [0.5, 0.6) is 0 Å². The lowest BCUT2D eigenvalue weighted by molar-refractivity contribution is 0.0977. The Morgan fingerprint density at radius 1 is 0.967 bits per heavy atom. The molecule has 0 saturated carbocycles. The zero-order valence-corrected chi connectivity index (χ0v) is 18.9. The van der Waals surface area contributed by atoms with Crippen molar-refractivity contribution in [3.05, 3.63) is 59.7 Å². The van der Waals surface area contributed by atoms with E-state index in [0.29, 0.717) is 30.3 Å². The minimum Gasteiger partial charge on any atom is -0.332 e. The Kier molecular flexibility index (Phi) is 7.23. The van der Waals surface area contributed by atoms with Crippen LogP contribution in [0.3, 0.4) is 0 Å². The van der Waals surface area contributed by atoms with Gasteiger partial charge in [0.05, 0.1) is 4.90 Å². The number of thiocarbonyl (C=S) groups is 1. The smallest absolute Gasteiger partial charge is 0.257 e. The van der Waals surface area contributed by atoms with E-state index in [2.05, 4.69) is 24.5 Å². The maximum Gasteiger partial charge on any atom is 0.257 e. The molecular formula is C22H27N3O3S2. The average molecular weight is 446 g/mol. The Labute approximate surface area is 183 Å². The SMILES string of the molecule is CC(C)c1ccc(C(=O)NC(=S)Nc2ccc(S(=O)(=O)N3CCCCC3)cc2)cc1. The Bertz CT molecular complexity index is 995. The molecule has 8 heteroatoms. The Balaban J connectivity index is 1.59. The highest BCUT2D eigenvalue weighted by molar-refractivity contribution is 7.89. The van der Waals surface area contributed by atoms with Crippen LogP contribution in [0.4, 0.5) is 5.69 Å². The minimum absolute atomic E-state index is 0.152. The lowest BCUT2D eigenvalue weighted by Gasteiger charge is -2.25. The number of carbonyl (C=O) groups excluding carboxylic acids is 1. The molecule has 0 atom stereocenters. The van der Waals surface area contributed by atoms with Gasteiger partial charge in [-0.25, -0.2) is 8.42 Å². The standard InChI is InChI=1S/C22H27N3O3S2/c1-16(2)17-6-8-18(9-7-17)21(26)24-22(29)23-19-10-12-20(13-11-19)30(27,28)25-14-4-3-5-15-25/h6-13,16H,3-5,14-15H2,1-2H3,(H2,23,24,26,29). The number of carbonyl (C=O) groups is 1. The lowest BCUT2D eigenvalue weighted by atomic mass is 10.0. The summed E-state index contributed by atoms with van der Waals surface area (Å²) < 4.78 is 27.0. The predicted molar refractivity (Wildman–Crippen MR) is 123 cm³/mol. The summed E-state index contributed by atoms with van der Waals surface area (Å²) in [5.74, 6) is 0.0960. The van der Waals surface area contributed by atoms with Crippen LogP contribution in [-0.2, 0) is 10.0 Å². The predicted octanol–water partition coefficient (Wildman–Crippen LogP) is 4.11. The second-order valence-corrected chi connectivity index (χ2v) is 10.0. The summed E-state index contributed by atoms with van der Waals surface area (Å²) in [6.45, 7) is 5.32. The molecule has 1 amide bonds. The van der Waals surface area contributed by atoms with E-state index in [9.17, 15) is 13.2 Å². The van der Waals surface area contributed by atoms with E-state index in [0.717, 1.165) is 24.8 Å². The first-order chi connectivity index (χ1) is 14.3. The largest absolute Gasteiger partial charge is 0.332 e. The van der Waals surface area contributed by atoms with E-state index in [1.54, 1.807) is 36.4 Å². The third-order valence-corrected chi connectivity index (χ3v) is 7.25. The van der Waals surface area contributed by atoms with Gasteiger partial charge in [-0.05, 0) is 72.9 Å². The Hall–Kier alpha value is -2.29. The van der Waals surface area contributed by atoms with Gasteiger partial charge in [0.2, 0.25) is 10.0 Å². The van der Waals surface area contributed by atoms with Crippen LogP contribution in [-0.4, -0.2) is 36.8 Å². The number of anilines is 1. The van der Waals surface area contributed by atoms with Crippen LogP contribution in [0, 0.1) is 0 Å². The second kappa shape index (κ2) is 9.68. The highest BCUT2D eigenvalue weighted by Crippen LogP contribution is 2.22. The summed E-state index contributed by atoms with van der Waals surface area (Å²) in [6, 6.07) is 13.8. The number of nitrogens with zero attached hydrogens (tertiary/aromatic N) is 1. The highest BCUT2D eigenvalue weighted by atomic mass is 32.2. The molecule has 1 aliphatic heterocycles. The molecule has 2 aromatic rings. The van der Waals surface area contributed by atoms with Crippen molar-refractivity contribution in [2.24, 2.45) is 0 Å². The van der Waals surface area contributed by atoms with Crippen molar-refractivity contribution >= 4 is 38.9 Å². The number of hydrogen-bond donors (Lipinski definition) is 2. The summed E-state index contributed by atoms with van der Waals surface area (Å²) in [4.78, 5) is 12.6. The molecule has 3 rings (SSSR count). The summed E-state index contributed by atoms with van der Waals surface area (Å²) in [5.41, 5.74) is 2.28. The van der Waals surface area contributed by atoms with Crippen molar-refractivity contribution < 1.29 is 13.2 Å². The number of nitrogens with one attached hydrogen (secondary N) is 2. The van der Waals surface area contributed by atoms with E-state index in [-0.39, 0.29) is 15.9 Å². The molecular weight excluding hydrogens is 418 g/mol. The molecule has 2 N–H and O–H groups in total. The van der Waals surface area contributed by atoms with Gasteiger partial charge >= 0.3 is 0 Å². The maximum atomic E-state index is 12.7. The summed E-state index contributed by atoms with van der Waals surface area (Å²) in [7, 11) is -3.47. The van der Waals surface area contributed by atoms with Crippen LogP contribution >= 0.6 is 12.2 Å². The molecule has 1 heterocycles. The second-order valence-electron chi connectivity index (χ2n) is 7.67. The Morgan fingerprint density at radius 3 is 2.13 bits per heavy atom. The molecule has 30 heavy (non-hydrogen) atoms. The zero-order valence-electron chi connectivity index (χ0n) is 17.2. The summed E-state index contributed by atoms with van der Waals surface area (Å²) in [6.07, 6.45) is 2.86. The van der Waals surface area contributed by atoms with E-state index in [1.807, 2.05) is 12.1 Å². The number of piperidine rings is 1. The molecule has 1 saturated heterocycles. The van der Waals surface area contributed by atoms with Gasteiger partial charge in [-0.3, -0.25) is 10.1 Å². The fourth-order valence-electron chi connectivity index (χ4n) is 3.32. The molecule has 160 valence electrons. The summed E-state index contributed by atoms with van der Waals surface area (Å²) in [5, 5.41) is 5.72. The van der Waals surface area contributed by atoms with Crippen molar-refractivity contribution in [3.8, 4) is 0 Å². The fourth-order valence-corrected chi connectivity index (χ4v) is 5.05. The van der Waals surface area contributed by atoms with Gasteiger partial charge in [0.15, 0.2) is 5.11 Å². The van der Waals surface area contributed by atoms with Crippen LogP contribution in [0.25, 0.3) is 0 Å². The lowest BCUT2D eigenvalue weighted by Crippen LogP contribution is -2.35. The van der Waals surface area contributed by atoms with E-state index in [1.165, 1.54) is 4.31 Å². The number of rotatable bonds is 5. The Morgan fingerprint density at radius 2 is 1.57 bits per heavy atom. The van der Waals surface area contributed by atoms with E-state index < -0.39 is 10.0 Å². The molecule has 0 radical (unpaired) electrons. The van der Waals surface area contributed by atoms with E-state index in [4.69, 9.17) is 12.2 Å². The quantitative estimate of drug-likeness (QED) is 0.677. The van der Waals surface area contributed by atoms with Gasteiger partial charge in [0.1, 0.15) is 0 Å². The van der Waals surface area contributed by atoms with Crippen molar-refractivity contribution in [2.45, 2.75) is 43.9 Å². The van der Waals surface area contributed by atoms with Crippen molar-refractivity contribution in [1.29, 1.82) is 0 Å². The average Bonchev–Trinajstić information content (AvgIpc) is 2.74. The molecule has 6 nitrogen and oxygen atoms in total. The van der Waals surface area contributed by atoms with E-state index >= 15 is 0 Å². The molecule has 1 fully saturated rings. The van der Waals surface area contributed by atoms with Crippen molar-refractivity contribution in [3.63, 3.8) is 0 Å². The first-order valence-corrected chi connectivity index (χ1v) is 11.9. The topological polar surface area (TPSA) is 78.5 Å². The molecule has 1 aliphatic rings. The third-order valence-electron chi connectivity index (χ3n) is 5.13. The highest BCUT2D eigenvalue weighted by Gasteiger charge is 2.25. The third kappa shape index (κ3) is 5.44. The maximum absolute atomic E-state index is 12.7. The molecule has 0 aromatic heterocycles. The van der Waals surface area contributed by atoms with Crippen LogP contribution in [0.1, 0.15) is 54.9 Å². The molecule has 2 aromatic carbocycles. The first kappa shape index (κ1) is 22.4. The summed E-state index contributed by atoms with van der Waals surface area (Å²) >= 11 is 5.22. The normalized spacial score (nSPS) is 15.0. The number of benzene rings is 2. The van der Waals surface area contributed by atoms with Crippen LogP contribution < -0.4 is 10.6 Å². The van der Waals surface area contributed by atoms with Crippen LogP contribution in [0.2, 0.25) is 0 Å².